The third-order valence-corrected chi connectivity index (χ3v) is 0. The van der Waals surface area contributed by atoms with E-state index in [2.05, 4.69) is 0 Å². The van der Waals surface area contributed by atoms with Gasteiger partial charge in [0.2, 0.25) is 0 Å². The minimum absolute atomic E-state index is 0. The van der Waals surface area contributed by atoms with Crippen molar-refractivity contribution in [3.05, 3.63) is 0 Å². The summed E-state index contributed by atoms with van der Waals surface area (Å²) in [5.74, 6) is 0. The summed E-state index contributed by atoms with van der Waals surface area (Å²) in [5, 5.41) is 6.89. The van der Waals surface area contributed by atoms with Crippen molar-refractivity contribution in [2.24, 2.45) is 0 Å². The summed E-state index contributed by atoms with van der Waals surface area (Å²) in [7, 11) is -0.250. The maximum absolute atomic E-state index is 8.36. The summed E-state index contributed by atoms with van der Waals surface area (Å²) in [6, 6.07) is 0. The Labute approximate surface area is 37.3 Å². The molecule has 0 aliphatic carbocycles. The summed E-state index contributed by atoms with van der Waals surface area (Å²) in [4.78, 5) is 0. The monoisotopic (exact) mass is 108 g/mol. The van der Waals surface area contributed by atoms with Crippen molar-refractivity contribution in [1.82, 2.24) is 0 Å². The maximum Gasteiger partial charge on any atom is 0 e. The van der Waals surface area contributed by atoms with Gasteiger partial charge in [0, 0.05) is 19.5 Å². The molecule has 0 unspecified atom stereocenters. The average molecular weight is 109 g/mol. The van der Waals surface area contributed by atoms with E-state index in [9.17, 15) is 0 Å². The SMILES string of the molecule is O=BO.[Zn]. The molecule has 0 aromatic heterocycles. The van der Waals surface area contributed by atoms with Crippen LogP contribution in [0.3, 0.4) is 0 Å². The molecular weight excluding hydrogens is 108 g/mol. The fourth-order valence-electron chi connectivity index (χ4n) is 0. The van der Waals surface area contributed by atoms with E-state index in [1.54, 1.807) is 0 Å². The number of hydrogen-bond acceptors (Lipinski definition) is 1. The van der Waals surface area contributed by atoms with Crippen LogP contribution in [0.5, 0.6) is 0 Å². The van der Waals surface area contributed by atoms with Crippen LogP contribution in [0.4, 0.5) is 0 Å². The minimum atomic E-state index is -0.250. The summed E-state index contributed by atoms with van der Waals surface area (Å²) < 4.78 is 8.36. The van der Waals surface area contributed by atoms with E-state index < -0.39 is 0 Å². The molecule has 0 spiro atoms. The first-order valence-electron chi connectivity index (χ1n) is 0.494. The normalized spacial score (nSPS) is 2.00. The van der Waals surface area contributed by atoms with Gasteiger partial charge in [-0.25, -0.2) is 0 Å². The Bertz CT molecular complexity index is 13.5. The summed E-state index contributed by atoms with van der Waals surface area (Å²) in [6.07, 6.45) is 0. The fraction of sp³-hybridized carbons (Fsp3) is 0. The Hall–Kier alpha value is 0.288. The van der Waals surface area contributed by atoms with Gasteiger partial charge in [0.05, 0.1) is 0 Å². The maximum atomic E-state index is 8.36. The van der Waals surface area contributed by atoms with Crippen LogP contribution in [-0.2, 0) is 24.2 Å². The molecule has 0 aliphatic rings. The molecule has 0 aromatic carbocycles. The Kier molecular flexibility index (Phi) is 23.0. The van der Waals surface area contributed by atoms with Gasteiger partial charge in [-0.1, -0.05) is 0 Å². The molecule has 1 N–H and O–H groups in total. The minimum Gasteiger partial charge on any atom is 0 e. The van der Waals surface area contributed by atoms with E-state index in [1.807, 2.05) is 0 Å². The van der Waals surface area contributed by atoms with Gasteiger partial charge in [0.25, 0.3) is 0 Å². The van der Waals surface area contributed by atoms with E-state index in [0.717, 1.165) is 0 Å². The largest absolute Gasteiger partial charge is 0 e. The number of rotatable bonds is 0. The van der Waals surface area contributed by atoms with E-state index in [0.29, 0.717) is 0 Å². The van der Waals surface area contributed by atoms with Crippen LogP contribution in [0.25, 0.3) is 0 Å². The summed E-state index contributed by atoms with van der Waals surface area (Å²) >= 11 is 0. The second-order valence-corrected chi connectivity index (χ2v) is 0.105. The van der Waals surface area contributed by atoms with Gasteiger partial charge >= 0.3 is 17.1 Å². The van der Waals surface area contributed by atoms with Crippen molar-refractivity contribution in [2.45, 2.75) is 0 Å². The molecule has 0 saturated carbocycles. The smallest absolute Gasteiger partial charge is 0 e. The Morgan fingerprint density at radius 1 is 1.75 bits per heavy atom. The molecule has 0 fully saturated rings. The van der Waals surface area contributed by atoms with Gasteiger partial charge in [-0.2, -0.15) is 0 Å². The first-order valence-corrected chi connectivity index (χ1v) is 0.494. The molecule has 0 heterocycles. The molecule has 0 saturated heterocycles. The molecule has 2 nitrogen and oxygen atoms in total. The van der Waals surface area contributed by atoms with Crippen molar-refractivity contribution in [1.29, 1.82) is 0 Å². The number of hydrogen-bond donors (Lipinski definition) is 1. The molecule has 0 rings (SSSR count). The van der Waals surface area contributed by atoms with Gasteiger partial charge in [-0.3, -0.25) is 0 Å². The second-order valence-electron chi connectivity index (χ2n) is 0.105. The Morgan fingerprint density at radius 3 is 1.75 bits per heavy atom. The summed E-state index contributed by atoms with van der Waals surface area (Å²) in [6.45, 7) is 0. The van der Waals surface area contributed by atoms with Crippen LogP contribution >= 0.6 is 0 Å². The van der Waals surface area contributed by atoms with Crippen molar-refractivity contribution < 1.29 is 29.2 Å². The molecule has 0 aliphatic heterocycles. The van der Waals surface area contributed by atoms with Crippen LogP contribution in [0.2, 0.25) is 0 Å². The topological polar surface area (TPSA) is 37.3 Å². The van der Waals surface area contributed by atoms with Crippen LogP contribution in [0.1, 0.15) is 0 Å². The molecule has 18 valence electrons. The molecular formula is HBO2Zn. The zero-order valence-electron chi connectivity index (χ0n) is 2.14. The average Bonchev–Trinajstić information content (AvgIpc) is 0.918. The van der Waals surface area contributed by atoms with Crippen LogP contribution < -0.4 is 0 Å². The quantitative estimate of drug-likeness (QED) is 0.403. The van der Waals surface area contributed by atoms with E-state index in [1.165, 1.54) is 0 Å². The van der Waals surface area contributed by atoms with E-state index in [4.69, 9.17) is 9.73 Å². The first kappa shape index (κ1) is 8.86. The first-order chi connectivity index (χ1) is 1.41. The van der Waals surface area contributed by atoms with Gasteiger partial charge in [0.15, 0.2) is 0 Å². The van der Waals surface area contributed by atoms with Crippen molar-refractivity contribution >= 4 is 7.35 Å². The van der Waals surface area contributed by atoms with Gasteiger partial charge in [0.1, 0.15) is 0 Å². The van der Waals surface area contributed by atoms with Gasteiger partial charge in [-0.05, 0) is 0 Å². The standard InChI is InChI=1S/BHO2.Zn/c2-1-3;/h2H;. The van der Waals surface area contributed by atoms with E-state index >= 15 is 0 Å². The molecule has 0 aromatic rings. The zero-order chi connectivity index (χ0) is 2.71. The van der Waals surface area contributed by atoms with Crippen molar-refractivity contribution in [2.75, 3.05) is 0 Å². The predicted octanol–water partition coefficient (Wildman–Crippen LogP) is -1.06. The molecule has 0 amide bonds. The predicted molar refractivity (Wildman–Crippen MR) is 8.66 cm³/mol. The summed E-state index contributed by atoms with van der Waals surface area (Å²) in [5.41, 5.74) is 0. The molecule has 4 heavy (non-hydrogen) atoms. The third kappa shape index (κ3) is 45.7. The Morgan fingerprint density at radius 2 is 1.75 bits per heavy atom. The van der Waals surface area contributed by atoms with Crippen molar-refractivity contribution in [3.8, 4) is 0 Å². The fourth-order valence-corrected chi connectivity index (χ4v) is 0. The molecule has 0 atom stereocenters. The zero-order valence-corrected chi connectivity index (χ0v) is 5.11. The third-order valence-electron chi connectivity index (χ3n) is 0. The molecule has 0 radical (unpaired) electrons. The second kappa shape index (κ2) is 10.4. The molecule has 0 bridgehead atoms. The van der Waals surface area contributed by atoms with E-state index in [-0.39, 0.29) is 26.8 Å². The molecule has 4 heteroatoms. The Balaban J connectivity index is 0. The van der Waals surface area contributed by atoms with Crippen LogP contribution in [-0.4, -0.2) is 12.4 Å². The van der Waals surface area contributed by atoms with Crippen molar-refractivity contribution in [3.63, 3.8) is 0 Å². The van der Waals surface area contributed by atoms with Gasteiger partial charge < -0.3 is 0 Å². The van der Waals surface area contributed by atoms with Gasteiger partial charge in [-0.15, -0.1) is 0 Å². The van der Waals surface area contributed by atoms with Crippen LogP contribution in [0, 0.1) is 0 Å². The van der Waals surface area contributed by atoms with Crippen LogP contribution in [0.15, 0.2) is 0 Å².